The quantitative estimate of drug-likeness (QED) is 0.850. The number of pyridine rings is 1. The van der Waals surface area contributed by atoms with Gasteiger partial charge in [-0.1, -0.05) is 0 Å². The minimum absolute atomic E-state index is 0.273. The Labute approximate surface area is 98.9 Å². The first-order chi connectivity index (χ1) is 8.25. The Morgan fingerprint density at radius 1 is 1.12 bits per heavy atom. The molecule has 0 amide bonds. The van der Waals surface area contributed by atoms with E-state index in [1.54, 1.807) is 36.7 Å². The average Bonchev–Trinajstić information content (AvgIpc) is 2.39. The van der Waals surface area contributed by atoms with E-state index in [1.807, 2.05) is 0 Å². The maximum absolute atomic E-state index is 12.7. The smallest absolute Gasteiger partial charge is 0.123 e. The molecule has 0 bridgehead atoms. The maximum Gasteiger partial charge on any atom is 0.123 e. The van der Waals surface area contributed by atoms with Gasteiger partial charge in [-0.25, -0.2) is 4.39 Å². The molecule has 1 heterocycles. The number of anilines is 1. The standard InChI is InChI=1S/C13H13FN2O/c14-11-1-3-12(4-2-11)16-9-13(17)10-5-7-15-8-6-10/h1-8,13,16-17H,9H2. The fourth-order valence-corrected chi connectivity index (χ4v) is 1.49. The van der Waals surface area contributed by atoms with Crippen molar-refractivity contribution >= 4 is 5.69 Å². The summed E-state index contributed by atoms with van der Waals surface area (Å²) < 4.78 is 12.7. The second-order valence-corrected chi connectivity index (χ2v) is 3.68. The molecule has 1 atom stereocenters. The van der Waals surface area contributed by atoms with Gasteiger partial charge in [0.25, 0.3) is 0 Å². The molecule has 1 aromatic heterocycles. The third-order valence-corrected chi connectivity index (χ3v) is 2.43. The highest BCUT2D eigenvalue weighted by Gasteiger charge is 2.06. The topological polar surface area (TPSA) is 45.1 Å². The number of aromatic nitrogens is 1. The van der Waals surface area contributed by atoms with E-state index in [1.165, 1.54) is 12.1 Å². The highest BCUT2D eigenvalue weighted by atomic mass is 19.1. The van der Waals surface area contributed by atoms with Crippen LogP contribution in [0.4, 0.5) is 10.1 Å². The van der Waals surface area contributed by atoms with Gasteiger partial charge < -0.3 is 10.4 Å². The zero-order valence-electron chi connectivity index (χ0n) is 9.18. The fraction of sp³-hybridized carbons (Fsp3) is 0.154. The van der Waals surface area contributed by atoms with E-state index >= 15 is 0 Å². The molecule has 1 aromatic carbocycles. The van der Waals surface area contributed by atoms with Gasteiger partial charge in [-0.15, -0.1) is 0 Å². The van der Waals surface area contributed by atoms with Crippen LogP contribution in [0.2, 0.25) is 0 Å². The Bertz CT molecular complexity index is 459. The monoisotopic (exact) mass is 232 g/mol. The number of aliphatic hydroxyl groups is 1. The van der Waals surface area contributed by atoms with Crippen LogP contribution in [-0.4, -0.2) is 16.6 Å². The third-order valence-electron chi connectivity index (χ3n) is 2.43. The van der Waals surface area contributed by atoms with Crippen LogP contribution >= 0.6 is 0 Å². The minimum atomic E-state index is -0.608. The van der Waals surface area contributed by atoms with Crippen LogP contribution < -0.4 is 5.32 Å². The highest BCUT2D eigenvalue weighted by molar-refractivity contribution is 5.43. The summed E-state index contributed by atoms with van der Waals surface area (Å²) in [6, 6.07) is 9.54. The average molecular weight is 232 g/mol. The van der Waals surface area contributed by atoms with Gasteiger partial charge in [0.1, 0.15) is 5.82 Å². The van der Waals surface area contributed by atoms with E-state index in [0.29, 0.717) is 6.54 Å². The summed E-state index contributed by atoms with van der Waals surface area (Å²) in [6.07, 6.45) is 2.66. The molecule has 0 aliphatic carbocycles. The molecule has 0 spiro atoms. The van der Waals surface area contributed by atoms with Gasteiger partial charge in [0.2, 0.25) is 0 Å². The number of benzene rings is 1. The normalized spacial score (nSPS) is 12.1. The Morgan fingerprint density at radius 3 is 2.41 bits per heavy atom. The molecule has 0 aliphatic rings. The van der Waals surface area contributed by atoms with Crippen molar-refractivity contribution in [3.8, 4) is 0 Å². The summed E-state index contributed by atoms with van der Waals surface area (Å²) in [5.74, 6) is -0.273. The molecule has 2 aromatic rings. The fourth-order valence-electron chi connectivity index (χ4n) is 1.49. The minimum Gasteiger partial charge on any atom is -0.387 e. The third kappa shape index (κ3) is 3.26. The number of hydrogen-bond donors (Lipinski definition) is 2. The van der Waals surface area contributed by atoms with Gasteiger partial charge in [0.05, 0.1) is 6.10 Å². The van der Waals surface area contributed by atoms with Crippen LogP contribution in [-0.2, 0) is 0 Å². The molecule has 2 N–H and O–H groups in total. The van der Waals surface area contributed by atoms with E-state index in [9.17, 15) is 9.50 Å². The Hall–Kier alpha value is -1.94. The molecule has 88 valence electrons. The number of hydrogen-bond acceptors (Lipinski definition) is 3. The SMILES string of the molecule is OC(CNc1ccc(F)cc1)c1ccncc1. The lowest BCUT2D eigenvalue weighted by atomic mass is 10.1. The first kappa shape index (κ1) is 11.5. The van der Waals surface area contributed by atoms with E-state index in [2.05, 4.69) is 10.3 Å². The molecule has 1 unspecified atom stereocenters. The maximum atomic E-state index is 12.7. The number of rotatable bonds is 4. The largest absolute Gasteiger partial charge is 0.387 e. The van der Waals surface area contributed by atoms with E-state index in [4.69, 9.17) is 0 Å². The lowest BCUT2D eigenvalue weighted by Gasteiger charge is -2.12. The molecular weight excluding hydrogens is 219 g/mol. The van der Waals surface area contributed by atoms with Crippen LogP contribution in [0.5, 0.6) is 0 Å². The molecule has 3 nitrogen and oxygen atoms in total. The number of halogens is 1. The van der Waals surface area contributed by atoms with E-state index in [0.717, 1.165) is 11.3 Å². The second-order valence-electron chi connectivity index (χ2n) is 3.68. The zero-order valence-corrected chi connectivity index (χ0v) is 9.18. The van der Waals surface area contributed by atoms with Gasteiger partial charge in [0, 0.05) is 24.6 Å². The summed E-state index contributed by atoms with van der Waals surface area (Å²) in [5, 5.41) is 12.9. The van der Waals surface area contributed by atoms with Gasteiger partial charge >= 0.3 is 0 Å². The molecule has 0 radical (unpaired) electrons. The summed E-state index contributed by atoms with van der Waals surface area (Å²) in [6.45, 7) is 0.371. The molecule has 2 rings (SSSR count). The number of nitrogens with one attached hydrogen (secondary N) is 1. The molecule has 0 saturated carbocycles. The molecule has 0 fully saturated rings. The predicted octanol–water partition coefficient (Wildman–Crippen LogP) is 2.37. The van der Waals surface area contributed by atoms with Crippen molar-refractivity contribution in [3.63, 3.8) is 0 Å². The van der Waals surface area contributed by atoms with Crippen LogP contribution in [0.25, 0.3) is 0 Å². The summed E-state index contributed by atoms with van der Waals surface area (Å²) >= 11 is 0. The van der Waals surface area contributed by atoms with Crippen molar-refractivity contribution in [2.45, 2.75) is 6.10 Å². The van der Waals surface area contributed by atoms with Crippen molar-refractivity contribution in [2.24, 2.45) is 0 Å². The summed E-state index contributed by atoms with van der Waals surface area (Å²) in [4.78, 5) is 3.88. The van der Waals surface area contributed by atoms with Crippen molar-refractivity contribution in [1.82, 2.24) is 4.98 Å². The van der Waals surface area contributed by atoms with Gasteiger partial charge in [-0.05, 0) is 42.0 Å². The molecule has 4 heteroatoms. The Kier molecular flexibility index (Phi) is 3.67. The van der Waals surface area contributed by atoms with Crippen LogP contribution in [0.3, 0.4) is 0 Å². The first-order valence-corrected chi connectivity index (χ1v) is 5.33. The molecule has 0 aliphatic heterocycles. The van der Waals surface area contributed by atoms with Gasteiger partial charge in [-0.3, -0.25) is 4.98 Å². The first-order valence-electron chi connectivity index (χ1n) is 5.33. The zero-order chi connectivity index (χ0) is 12.1. The summed E-state index contributed by atoms with van der Waals surface area (Å²) in [7, 11) is 0. The van der Waals surface area contributed by atoms with Crippen LogP contribution in [0, 0.1) is 5.82 Å². The van der Waals surface area contributed by atoms with E-state index in [-0.39, 0.29) is 5.82 Å². The summed E-state index contributed by atoms with van der Waals surface area (Å²) in [5.41, 5.74) is 1.58. The van der Waals surface area contributed by atoms with Gasteiger partial charge in [0.15, 0.2) is 0 Å². The molecule has 17 heavy (non-hydrogen) atoms. The van der Waals surface area contributed by atoms with Gasteiger partial charge in [-0.2, -0.15) is 0 Å². The van der Waals surface area contributed by atoms with E-state index < -0.39 is 6.10 Å². The lowest BCUT2D eigenvalue weighted by molar-refractivity contribution is 0.191. The number of aliphatic hydroxyl groups excluding tert-OH is 1. The van der Waals surface area contributed by atoms with Crippen molar-refractivity contribution < 1.29 is 9.50 Å². The Morgan fingerprint density at radius 2 is 1.76 bits per heavy atom. The van der Waals surface area contributed by atoms with Crippen molar-refractivity contribution in [3.05, 3.63) is 60.2 Å². The van der Waals surface area contributed by atoms with Crippen molar-refractivity contribution in [2.75, 3.05) is 11.9 Å². The molecular formula is C13H13FN2O. The lowest BCUT2D eigenvalue weighted by Crippen LogP contribution is -2.12. The highest BCUT2D eigenvalue weighted by Crippen LogP contribution is 2.13. The second kappa shape index (κ2) is 5.41. The van der Waals surface area contributed by atoms with Crippen LogP contribution in [0.15, 0.2) is 48.8 Å². The molecule has 0 saturated heterocycles. The van der Waals surface area contributed by atoms with Crippen LogP contribution in [0.1, 0.15) is 11.7 Å². The Balaban J connectivity index is 1.92. The van der Waals surface area contributed by atoms with Crippen molar-refractivity contribution in [1.29, 1.82) is 0 Å². The number of nitrogens with zero attached hydrogens (tertiary/aromatic N) is 1. The predicted molar refractivity (Wildman–Crippen MR) is 64.1 cm³/mol.